The van der Waals surface area contributed by atoms with Crippen LogP contribution in [0, 0.1) is 5.41 Å². The van der Waals surface area contributed by atoms with Gasteiger partial charge in [0.15, 0.2) is 0 Å². The fourth-order valence-corrected chi connectivity index (χ4v) is 2.48. The molecule has 16 heavy (non-hydrogen) atoms. The van der Waals surface area contributed by atoms with E-state index in [-0.39, 0.29) is 12.0 Å². The molecule has 1 unspecified atom stereocenters. The van der Waals surface area contributed by atoms with E-state index in [9.17, 15) is 4.79 Å². The molecule has 1 atom stereocenters. The number of hydrogen-bond acceptors (Lipinski definition) is 3. The Balaban J connectivity index is 2.53. The fraction of sp³-hybridized carbons (Fsp3) is 0.923. The van der Waals surface area contributed by atoms with Gasteiger partial charge >= 0.3 is 0 Å². The molecule has 0 aromatic heterocycles. The van der Waals surface area contributed by atoms with Crippen LogP contribution in [0.2, 0.25) is 0 Å². The van der Waals surface area contributed by atoms with Crippen LogP contribution in [-0.2, 0) is 4.79 Å². The van der Waals surface area contributed by atoms with Gasteiger partial charge in [-0.1, -0.05) is 26.7 Å². The topological polar surface area (TPSA) is 40.5 Å². The largest absolute Gasteiger partial charge is 0.395 e. The first-order chi connectivity index (χ1) is 7.65. The lowest BCUT2D eigenvalue weighted by atomic mass is 9.84. The summed E-state index contributed by atoms with van der Waals surface area (Å²) in [7, 11) is 0. The molecular formula is C13H25NO2. The molecule has 0 aromatic rings. The molecule has 1 aliphatic carbocycles. The lowest BCUT2D eigenvalue weighted by Gasteiger charge is -2.41. The number of carbonyl (C=O) groups is 1. The standard InChI is InChI=1S/C13H25NO2/c1-3-7-13(2,11-16)10-14(8-9-15)12-5-4-6-12/h11-12,15H,3-10H2,1-2H3. The molecular weight excluding hydrogens is 202 g/mol. The van der Waals surface area contributed by atoms with Crippen molar-refractivity contribution in [1.29, 1.82) is 0 Å². The minimum Gasteiger partial charge on any atom is -0.395 e. The monoisotopic (exact) mass is 227 g/mol. The minimum absolute atomic E-state index is 0.192. The number of hydrogen-bond donors (Lipinski definition) is 1. The van der Waals surface area contributed by atoms with E-state index in [4.69, 9.17) is 5.11 Å². The summed E-state index contributed by atoms with van der Waals surface area (Å²) < 4.78 is 0. The molecule has 0 radical (unpaired) electrons. The quantitative estimate of drug-likeness (QED) is 0.643. The van der Waals surface area contributed by atoms with Gasteiger partial charge in [0, 0.05) is 24.5 Å². The zero-order valence-corrected chi connectivity index (χ0v) is 10.6. The molecule has 1 N–H and O–H groups in total. The van der Waals surface area contributed by atoms with Crippen molar-refractivity contribution in [3.8, 4) is 0 Å². The molecule has 0 saturated heterocycles. The maximum absolute atomic E-state index is 11.2. The van der Waals surface area contributed by atoms with Crippen molar-refractivity contribution in [1.82, 2.24) is 4.90 Å². The van der Waals surface area contributed by atoms with Crippen LogP contribution in [0.25, 0.3) is 0 Å². The van der Waals surface area contributed by atoms with Crippen molar-refractivity contribution < 1.29 is 9.90 Å². The van der Waals surface area contributed by atoms with E-state index < -0.39 is 0 Å². The highest BCUT2D eigenvalue weighted by Gasteiger charge is 2.31. The third kappa shape index (κ3) is 3.56. The Morgan fingerprint density at radius 1 is 1.50 bits per heavy atom. The predicted octanol–water partition coefficient (Wildman–Crippen LogP) is 1.84. The van der Waals surface area contributed by atoms with E-state index in [1.165, 1.54) is 19.3 Å². The SMILES string of the molecule is CCCC(C)(C=O)CN(CCO)C1CCC1. The van der Waals surface area contributed by atoms with E-state index in [2.05, 4.69) is 11.8 Å². The Kier molecular flexibility index (Phi) is 5.42. The number of aliphatic hydroxyl groups is 1. The van der Waals surface area contributed by atoms with Gasteiger partial charge in [-0.2, -0.15) is 0 Å². The minimum atomic E-state index is -0.237. The van der Waals surface area contributed by atoms with Crippen LogP contribution in [0.4, 0.5) is 0 Å². The molecule has 3 nitrogen and oxygen atoms in total. The predicted molar refractivity (Wildman–Crippen MR) is 65.4 cm³/mol. The molecule has 0 spiro atoms. The molecule has 0 aliphatic heterocycles. The van der Waals surface area contributed by atoms with Gasteiger partial charge in [-0.05, 0) is 19.3 Å². The van der Waals surface area contributed by atoms with E-state index in [0.717, 1.165) is 25.7 Å². The number of carbonyl (C=O) groups excluding carboxylic acids is 1. The lowest BCUT2D eigenvalue weighted by Crippen LogP contribution is -2.47. The van der Waals surface area contributed by atoms with Crippen molar-refractivity contribution in [3.05, 3.63) is 0 Å². The Hall–Kier alpha value is -0.410. The second-order valence-corrected chi connectivity index (χ2v) is 5.30. The summed E-state index contributed by atoms with van der Waals surface area (Å²) in [5, 5.41) is 9.07. The van der Waals surface area contributed by atoms with Crippen LogP contribution in [-0.4, -0.2) is 42.0 Å². The molecule has 1 rings (SSSR count). The molecule has 1 saturated carbocycles. The summed E-state index contributed by atoms with van der Waals surface area (Å²) in [6, 6.07) is 0.600. The van der Waals surface area contributed by atoms with Crippen LogP contribution in [0.15, 0.2) is 0 Å². The number of nitrogens with zero attached hydrogens (tertiary/aromatic N) is 1. The molecule has 94 valence electrons. The summed E-state index contributed by atoms with van der Waals surface area (Å²) in [5.74, 6) is 0. The molecule has 1 aliphatic rings. The second-order valence-electron chi connectivity index (χ2n) is 5.30. The Bertz CT molecular complexity index is 216. The first-order valence-corrected chi connectivity index (χ1v) is 6.46. The third-order valence-electron chi connectivity index (χ3n) is 3.65. The number of aliphatic hydroxyl groups excluding tert-OH is 1. The van der Waals surface area contributed by atoms with E-state index >= 15 is 0 Å². The number of aldehydes is 1. The maximum Gasteiger partial charge on any atom is 0.127 e. The van der Waals surface area contributed by atoms with Gasteiger partial charge in [0.2, 0.25) is 0 Å². The van der Waals surface area contributed by atoms with Gasteiger partial charge in [-0.25, -0.2) is 0 Å². The van der Waals surface area contributed by atoms with E-state index in [0.29, 0.717) is 12.6 Å². The summed E-state index contributed by atoms with van der Waals surface area (Å²) in [5.41, 5.74) is -0.237. The summed E-state index contributed by atoms with van der Waals surface area (Å²) in [4.78, 5) is 13.5. The molecule has 0 bridgehead atoms. The number of rotatable bonds is 8. The Labute approximate surface area is 98.8 Å². The van der Waals surface area contributed by atoms with Gasteiger partial charge in [0.1, 0.15) is 6.29 Å². The first-order valence-electron chi connectivity index (χ1n) is 6.46. The highest BCUT2D eigenvalue weighted by atomic mass is 16.3. The van der Waals surface area contributed by atoms with Gasteiger partial charge < -0.3 is 9.90 Å². The average Bonchev–Trinajstić information content (AvgIpc) is 2.16. The fourth-order valence-electron chi connectivity index (χ4n) is 2.48. The lowest BCUT2D eigenvalue weighted by molar-refractivity contribution is -0.117. The van der Waals surface area contributed by atoms with Crippen LogP contribution in [0.1, 0.15) is 46.0 Å². The normalized spacial score (nSPS) is 20.5. The summed E-state index contributed by atoms with van der Waals surface area (Å²) >= 11 is 0. The second kappa shape index (κ2) is 6.36. The zero-order chi connectivity index (χ0) is 12.0. The van der Waals surface area contributed by atoms with Crippen LogP contribution >= 0.6 is 0 Å². The smallest absolute Gasteiger partial charge is 0.127 e. The van der Waals surface area contributed by atoms with Crippen LogP contribution < -0.4 is 0 Å². The van der Waals surface area contributed by atoms with Crippen LogP contribution in [0.5, 0.6) is 0 Å². The van der Waals surface area contributed by atoms with Gasteiger partial charge in [0.25, 0.3) is 0 Å². The summed E-state index contributed by atoms with van der Waals surface area (Å²) in [6.07, 6.45) is 6.80. The summed E-state index contributed by atoms with van der Waals surface area (Å²) in [6.45, 7) is 5.85. The molecule has 0 aromatic carbocycles. The Morgan fingerprint density at radius 3 is 2.56 bits per heavy atom. The zero-order valence-electron chi connectivity index (χ0n) is 10.6. The Morgan fingerprint density at radius 2 is 2.19 bits per heavy atom. The van der Waals surface area contributed by atoms with E-state index in [1.54, 1.807) is 0 Å². The third-order valence-corrected chi connectivity index (χ3v) is 3.65. The van der Waals surface area contributed by atoms with Crippen molar-refractivity contribution in [2.45, 2.75) is 52.0 Å². The van der Waals surface area contributed by atoms with Crippen molar-refractivity contribution in [2.75, 3.05) is 19.7 Å². The van der Waals surface area contributed by atoms with Crippen molar-refractivity contribution >= 4 is 6.29 Å². The molecule has 0 amide bonds. The maximum atomic E-state index is 11.2. The highest BCUT2D eigenvalue weighted by Crippen LogP contribution is 2.29. The molecule has 0 heterocycles. The van der Waals surface area contributed by atoms with Crippen LogP contribution in [0.3, 0.4) is 0 Å². The first kappa shape index (κ1) is 13.7. The van der Waals surface area contributed by atoms with Gasteiger partial charge in [-0.3, -0.25) is 4.90 Å². The van der Waals surface area contributed by atoms with Gasteiger partial charge in [-0.15, -0.1) is 0 Å². The van der Waals surface area contributed by atoms with E-state index in [1.807, 2.05) is 6.92 Å². The average molecular weight is 227 g/mol. The van der Waals surface area contributed by atoms with Crippen molar-refractivity contribution in [3.63, 3.8) is 0 Å². The highest BCUT2D eigenvalue weighted by molar-refractivity contribution is 5.59. The molecule has 3 heteroatoms. The molecule has 1 fully saturated rings. The van der Waals surface area contributed by atoms with Gasteiger partial charge in [0.05, 0.1) is 6.61 Å². The van der Waals surface area contributed by atoms with Crippen molar-refractivity contribution in [2.24, 2.45) is 5.41 Å².